The highest BCUT2D eigenvalue weighted by atomic mass is 79.9. The number of hydrazone groups is 1. The topological polar surface area (TPSA) is 79.7 Å². The van der Waals surface area contributed by atoms with Crippen LogP contribution in [0.25, 0.3) is 10.2 Å². The third-order valence-electron chi connectivity index (χ3n) is 4.64. The van der Waals surface area contributed by atoms with Crippen LogP contribution in [0, 0.1) is 5.82 Å². The predicted molar refractivity (Wildman–Crippen MR) is 132 cm³/mol. The molecule has 1 aromatic heterocycles. The number of anilines is 1. The zero-order chi connectivity index (χ0) is 23.4. The summed E-state index contributed by atoms with van der Waals surface area (Å²) in [5, 5.41) is 5.67. The summed E-state index contributed by atoms with van der Waals surface area (Å²) in [4.78, 5) is 17.7. The summed E-state index contributed by atoms with van der Waals surface area (Å²) in [5.41, 5.74) is 1.26. The van der Waals surface area contributed by atoms with Crippen molar-refractivity contribution >= 4 is 64.6 Å². The van der Waals surface area contributed by atoms with Crippen LogP contribution < -0.4 is 5.01 Å². The molecule has 0 spiro atoms. The lowest BCUT2D eigenvalue weighted by Gasteiger charge is -2.14. The highest BCUT2D eigenvalue weighted by molar-refractivity contribution is 9.10. The minimum atomic E-state index is -3.64. The molecule has 0 aliphatic rings. The summed E-state index contributed by atoms with van der Waals surface area (Å²) in [6.45, 7) is 0. The summed E-state index contributed by atoms with van der Waals surface area (Å²) in [6, 6.07) is 19.1. The molecule has 168 valence electrons. The number of halogens is 2. The fraction of sp³-hybridized carbons (Fsp3) is 0.0870. The number of aromatic nitrogens is 1. The van der Waals surface area contributed by atoms with Gasteiger partial charge in [0.25, 0.3) is 5.91 Å². The molecular weight excluding hydrogens is 529 g/mol. The van der Waals surface area contributed by atoms with Gasteiger partial charge in [-0.25, -0.2) is 17.8 Å². The standard InChI is InChI=1S/C23H17BrFN3O3S2/c24-17-8-11-20-21(14-17)32-23(27-20)28(26-15-16-6-9-18(25)10-7-16)22(29)12-13-33(30,31)19-4-2-1-3-5-19/h1-11,14-15H,12-13H2/b26-15+. The molecule has 0 aliphatic heterocycles. The zero-order valence-corrected chi connectivity index (χ0v) is 20.3. The van der Waals surface area contributed by atoms with Crippen LogP contribution in [0.3, 0.4) is 0 Å². The molecule has 1 heterocycles. The van der Waals surface area contributed by atoms with Gasteiger partial charge in [0.1, 0.15) is 5.82 Å². The molecule has 0 bridgehead atoms. The third-order valence-corrected chi connectivity index (χ3v) is 7.85. The molecular formula is C23H17BrFN3O3S2. The first-order valence-electron chi connectivity index (χ1n) is 9.78. The second-order valence-electron chi connectivity index (χ2n) is 6.99. The first kappa shape index (κ1) is 23.2. The van der Waals surface area contributed by atoms with Gasteiger partial charge in [-0.15, -0.1) is 0 Å². The van der Waals surface area contributed by atoms with E-state index in [9.17, 15) is 17.6 Å². The Morgan fingerprint density at radius 1 is 1.09 bits per heavy atom. The lowest BCUT2D eigenvalue weighted by atomic mass is 10.2. The molecule has 3 aromatic carbocycles. The van der Waals surface area contributed by atoms with Gasteiger partial charge in [0, 0.05) is 10.9 Å². The van der Waals surface area contributed by atoms with E-state index in [0.29, 0.717) is 16.2 Å². The largest absolute Gasteiger partial charge is 0.272 e. The van der Waals surface area contributed by atoms with E-state index in [0.717, 1.165) is 14.2 Å². The lowest BCUT2D eigenvalue weighted by Crippen LogP contribution is -2.27. The number of fused-ring (bicyclic) bond motifs is 1. The number of rotatable bonds is 7. The van der Waals surface area contributed by atoms with Crippen molar-refractivity contribution in [3.05, 3.63) is 88.6 Å². The Balaban J connectivity index is 1.62. The third kappa shape index (κ3) is 5.70. The molecule has 0 unspecified atom stereocenters. The van der Waals surface area contributed by atoms with Crippen molar-refractivity contribution in [1.29, 1.82) is 0 Å². The Labute approximate surface area is 202 Å². The van der Waals surface area contributed by atoms with E-state index >= 15 is 0 Å². The van der Waals surface area contributed by atoms with Crippen LogP contribution in [0.15, 0.2) is 87.3 Å². The van der Waals surface area contributed by atoms with Crippen LogP contribution in [-0.2, 0) is 14.6 Å². The molecule has 0 fully saturated rings. The normalized spacial score (nSPS) is 11.8. The maximum atomic E-state index is 13.2. The van der Waals surface area contributed by atoms with E-state index in [1.807, 2.05) is 18.2 Å². The summed E-state index contributed by atoms with van der Waals surface area (Å²) in [7, 11) is -3.64. The van der Waals surface area contributed by atoms with Crippen LogP contribution in [-0.4, -0.2) is 31.3 Å². The zero-order valence-electron chi connectivity index (χ0n) is 17.1. The maximum Gasteiger partial charge on any atom is 0.250 e. The van der Waals surface area contributed by atoms with Gasteiger partial charge in [-0.2, -0.15) is 10.1 Å². The number of carbonyl (C=O) groups excluding carboxylic acids is 1. The molecule has 6 nitrogen and oxygen atoms in total. The quantitative estimate of drug-likeness (QED) is 0.229. The van der Waals surface area contributed by atoms with Gasteiger partial charge in [-0.1, -0.05) is 57.6 Å². The fourth-order valence-electron chi connectivity index (χ4n) is 2.94. The van der Waals surface area contributed by atoms with E-state index in [2.05, 4.69) is 26.0 Å². The Morgan fingerprint density at radius 3 is 2.55 bits per heavy atom. The molecule has 0 N–H and O–H groups in total. The molecule has 0 atom stereocenters. The molecule has 33 heavy (non-hydrogen) atoms. The number of carbonyl (C=O) groups is 1. The molecule has 0 radical (unpaired) electrons. The van der Waals surface area contributed by atoms with E-state index in [4.69, 9.17) is 0 Å². The molecule has 4 rings (SSSR count). The van der Waals surface area contributed by atoms with Crippen LogP contribution in [0.4, 0.5) is 9.52 Å². The minimum absolute atomic E-state index is 0.156. The van der Waals surface area contributed by atoms with Crippen molar-refractivity contribution in [2.24, 2.45) is 5.10 Å². The molecule has 0 aliphatic carbocycles. The smallest absolute Gasteiger partial charge is 0.250 e. The predicted octanol–water partition coefficient (Wildman–Crippen LogP) is 5.43. The maximum absolute atomic E-state index is 13.2. The number of hydrogen-bond donors (Lipinski definition) is 0. The second kappa shape index (κ2) is 9.90. The Kier molecular flexibility index (Phi) is 6.96. The summed E-state index contributed by atoms with van der Waals surface area (Å²) < 4.78 is 40.2. The number of hydrogen-bond acceptors (Lipinski definition) is 6. The Bertz CT molecular complexity index is 1420. The molecule has 0 saturated heterocycles. The van der Waals surface area contributed by atoms with Crippen molar-refractivity contribution in [1.82, 2.24) is 4.98 Å². The first-order valence-corrected chi connectivity index (χ1v) is 13.0. The highest BCUT2D eigenvalue weighted by Gasteiger charge is 2.23. The van der Waals surface area contributed by atoms with Crippen molar-refractivity contribution in [3.63, 3.8) is 0 Å². The van der Waals surface area contributed by atoms with Crippen LogP contribution in [0.1, 0.15) is 12.0 Å². The van der Waals surface area contributed by atoms with Gasteiger partial charge in [0.15, 0.2) is 9.84 Å². The molecule has 1 amide bonds. The van der Waals surface area contributed by atoms with Gasteiger partial charge in [0.2, 0.25) is 5.13 Å². The van der Waals surface area contributed by atoms with Gasteiger partial charge in [0.05, 0.1) is 27.1 Å². The minimum Gasteiger partial charge on any atom is -0.272 e. The highest BCUT2D eigenvalue weighted by Crippen LogP contribution is 2.31. The number of benzene rings is 3. The summed E-state index contributed by atoms with van der Waals surface area (Å²) in [6.07, 6.45) is 1.13. The average molecular weight is 546 g/mol. The monoisotopic (exact) mass is 545 g/mol. The Morgan fingerprint density at radius 2 is 1.82 bits per heavy atom. The van der Waals surface area contributed by atoms with Crippen LogP contribution >= 0.6 is 27.3 Å². The van der Waals surface area contributed by atoms with Gasteiger partial charge >= 0.3 is 0 Å². The van der Waals surface area contributed by atoms with E-state index < -0.39 is 15.7 Å². The van der Waals surface area contributed by atoms with Crippen molar-refractivity contribution in [2.45, 2.75) is 11.3 Å². The van der Waals surface area contributed by atoms with E-state index in [1.54, 1.807) is 18.2 Å². The van der Waals surface area contributed by atoms with Crippen molar-refractivity contribution in [3.8, 4) is 0 Å². The molecule has 0 saturated carbocycles. The van der Waals surface area contributed by atoms with Crippen molar-refractivity contribution < 1.29 is 17.6 Å². The number of sulfone groups is 1. The lowest BCUT2D eigenvalue weighted by molar-refractivity contribution is -0.118. The van der Waals surface area contributed by atoms with Gasteiger partial charge in [-0.3, -0.25) is 4.79 Å². The van der Waals surface area contributed by atoms with Gasteiger partial charge in [-0.05, 0) is 48.0 Å². The summed E-state index contributed by atoms with van der Waals surface area (Å²) >= 11 is 4.67. The first-order chi connectivity index (χ1) is 15.8. The molecule has 4 aromatic rings. The number of thiazole rings is 1. The van der Waals surface area contributed by atoms with E-state index in [-0.39, 0.29) is 22.9 Å². The van der Waals surface area contributed by atoms with Gasteiger partial charge < -0.3 is 0 Å². The van der Waals surface area contributed by atoms with Crippen molar-refractivity contribution in [2.75, 3.05) is 10.8 Å². The number of nitrogens with zero attached hydrogens (tertiary/aromatic N) is 3. The fourth-order valence-corrected chi connectivity index (χ4v) is 5.69. The van der Waals surface area contributed by atoms with Crippen LogP contribution in [0.2, 0.25) is 0 Å². The average Bonchev–Trinajstić information content (AvgIpc) is 3.22. The molecule has 10 heteroatoms. The Hall–Kier alpha value is -2.95. The van der Waals surface area contributed by atoms with E-state index in [1.165, 1.54) is 53.9 Å². The summed E-state index contributed by atoms with van der Waals surface area (Å²) in [5.74, 6) is -1.27. The van der Waals surface area contributed by atoms with Crippen LogP contribution in [0.5, 0.6) is 0 Å². The SMILES string of the molecule is O=C(CCS(=O)(=O)c1ccccc1)N(/N=C/c1ccc(F)cc1)c1nc2ccc(Br)cc2s1. The second-order valence-corrected chi connectivity index (χ2v) is 11.0. The number of amides is 1.